The van der Waals surface area contributed by atoms with Gasteiger partial charge in [0, 0.05) is 60.2 Å². The van der Waals surface area contributed by atoms with Crippen molar-refractivity contribution in [3.8, 4) is 0 Å². The van der Waals surface area contributed by atoms with Crippen LogP contribution in [-0.4, -0.2) is 193 Å². The van der Waals surface area contributed by atoms with Gasteiger partial charge in [0.05, 0.1) is 119 Å². The molecule has 1 rings (SSSR count). The van der Waals surface area contributed by atoms with Crippen LogP contribution in [0.4, 0.5) is 0 Å². The largest absolute Gasteiger partial charge is 0.481 e. The van der Waals surface area contributed by atoms with E-state index >= 15 is 0 Å². The summed E-state index contributed by atoms with van der Waals surface area (Å²) in [6.45, 7) is 6.44. The van der Waals surface area contributed by atoms with Gasteiger partial charge in [-0.1, -0.05) is 19.3 Å². The van der Waals surface area contributed by atoms with E-state index < -0.39 is 40.7 Å². The topological polar surface area (TPSA) is 296 Å². The summed E-state index contributed by atoms with van der Waals surface area (Å²) in [6.07, 6.45) is 5.17. The van der Waals surface area contributed by atoms with Gasteiger partial charge in [-0.25, -0.2) is 15.3 Å². The van der Waals surface area contributed by atoms with Gasteiger partial charge in [0.15, 0.2) is 0 Å². The highest BCUT2D eigenvalue weighted by Gasteiger charge is 2.40. The van der Waals surface area contributed by atoms with Crippen molar-refractivity contribution in [1.82, 2.24) is 15.3 Å². The number of rotatable bonds is 51. The Labute approximate surface area is 391 Å². The van der Waals surface area contributed by atoms with Crippen LogP contribution in [0, 0.1) is 0 Å². The van der Waals surface area contributed by atoms with Crippen molar-refractivity contribution in [2.75, 3.05) is 160 Å². The Kier molecular flexibility index (Phi) is 40.1. The van der Waals surface area contributed by atoms with Crippen LogP contribution in [0.3, 0.4) is 0 Å². The number of hydrogen-bond donors (Lipinski definition) is 6. The van der Waals surface area contributed by atoms with Gasteiger partial charge in [-0.2, -0.15) is 13.5 Å². The Morgan fingerprint density at radius 2 is 0.576 bits per heavy atom. The lowest BCUT2D eigenvalue weighted by molar-refractivity contribution is -0.138. The maximum atomic E-state index is 11.3. The number of carboxylic acid groups (broad SMARTS) is 3. The van der Waals surface area contributed by atoms with E-state index in [4.69, 9.17) is 69.7 Å². The first-order valence-corrected chi connectivity index (χ1v) is 27.6. The van der Waals surface area contributed by atoms with Crippen LogP contribution in [-0.2, 0) is 70.6 Å². The van der Waals surface area contributed by atoms with E-state index in [2.05, 4.69) is 15.3 Å². The highest BCUT2D eigenvalue weighted by atomic mass is 31.3. The van der Waals surface area contributed by atoms with E-state index in [0.29, 0.717) is 157 Å². The highest BCUT2D eigenvalue weighted by molar-refractivity contribution is 7.81. The molecule has 1 heterocycles. The van der Waals surface area contributed by atoms with Gasteiger partial charge in [0.2, 0.25) is 0 Å². The molecule has 0 amide bonds. The molecular formula is C39H81N6O18P3. The first-order chi connectivity index (χ1) is 32.1. The lowest BCUT2D eigenvalue weighted by atomic mass is 10.2. The quantitative estimate of drug-likeness (QED) is 0.0318. The van der Waals surface area contributed by atoms with Crippen molar-refractivity contribution >= 4 is 40.7 Å². The van der Waals surface area contributed by atoms with E-state index in [1.165, 1.54) is 0 Å². The van der Waals surface area contributed by atoms with Crippen molar-refractivity contribution in [1.29, 1.82) is 0 Å². The number of nitrogens with one attached hydrogen (secondary N) is 3. The van der Waals surface area contributed by atoms with Crippen molar-refractivity contribution in [2.45, 2.75) is 77.0 Å². The molecule has 0 radical (unpaired) electrons. The third-order valence-corrected chi connectivity index (χ3v) is 18.1. The monoisotopic (exact) mass is 1010 g/mol. The van der Waals surface area contributed by atoms with Gasteiger partial charge in [-0.3, -0.25) is 14.4 Å². The van der Waals surface area contributed by atoms with Crippen LogP contribution in [0.15, 0.2) is 13.5 Å². The first-order valence-electron chi connectivity index (χ1n) is 22.7. The van der Waals surface area contributed by atoms with E-state index in [9.17, 15) is 29.7 Å². The normalized spacial score (nSPS) is 19.3. The molecule has 0 aromatic rings. The van der Waals surface area contributed by atoms with E-state index in [1.54, 1.807) is 21.3 Å². The van der Waals surface area contributed by atoms with Gasteiger partial charge < -0.3 is 71.5 Å². The Hall–Kier alpha value is -1.50. The van der Waals surface area contributed by atoms with Gasteiger partial charge >= 0.3 is 17.9 Å². The maximum Gasteiger partial charge on any atom is 0.303 e. The molecule has 390 valence electrons. The molecule has 6 N–H and O–H groups in total. The molecule has 0 aromatic carbocycles. The van der Waals surface area contributed by atoms with Crippen LogP contribution in [0.25, 0.3) is 0 Å². The summed E-state index contributed by atoms with van der Waals surface area (Å²) in [4.78, 5) is 33.8. The zero-order valence-electron chi connectivity index (χ0n) is 39.5. The molecule has 1 aliphatic rings. The van der Waals surface area contributed by atoms with Crippen LogP contribution in [0.5, 0.6) is 0 Å². The van der Waals surface area contributed by atoms with Crippen LogP contribution < -0.4 is 15.3 Å². The SMILES string of the molecule is COCCOCCOCCOP1(NCCCCCC(=O)O)=NP(NCCCCCC(=O)O)(OCCOCCOCCOC)=NP(NCCCCCC(=O)O)(OCCOCCOCCOC)=N1. The summed E-state index contributed by atoms with van der Waals surface area (Å²) in [5.74, 6) is -2.61. The Bertz CT molecular complexity index is 1240. The number of hydrogen-bond acceptors (Lipinski definition) is 21. The Morgan fingerprint density at radius 3 is 0.803 bits per heavy atom. The van der Waals surface area contributed by atoms with E-state index in [-0.39, 0.29) is 58.9 Å². The minimum atomic E-state index is -3.49. The highest BCUT2D eigenvalue weighted by Crippen LogP contribution is 2.75. The molecular weight excluding hydrogens is 933 g/mol. The molecule has 0 aromatic heterocycles. The number of carbonyl (C=O) groups is 3. The fraction of sp³-hybridized carbons (Fsp3) is 0.923. The summed E-state index contributed by atoms with van der Waals surface area (Å²) < 4.78 is 85.1. The lowest BCUT2D eigenvalue weighted by Gasteiger charge is -2.35. The fourth-order valence-corrected chi connectivity index (χ4v) is 16.2. The average Bonchev–Trinajstić information content (AvgIpc) is 3.28. The molecule has 24 nitrogen and oxygen atoms in total. The van der Waals surface area contributed by atoms with Gasteiger partial charge in [0.25, 0.3) is 22.7 Å². The fourth-order valence-electron chi connectivity index (χ4n) is 5.50. The molecule has 0 saturated carbocycles. The second kappa shape index (κ2) is 42.4. The van der Waals surface area contributed by atoms with Crippen molar-refractivity contribution in [3.63, 3.8) is 0 Å². The van der Waals surface area contributed by atoms with E-state index in [0.717, 1.165) is 0 Å². The first kappa shape index (κ1) is 62.5. The minimum absolute atomic E-state index is 0.0391. The molecule has 27 heteroatoms. The van der Waals surface area contributed by atoms with E-state index in [1.807, 2.05) is 0 Å². The summed E-state index contributed by atoms with van der Waals surface area (Å²) >= 11 is 0. The standard InChI is InChI=1S/C39H81N6O18P3/c1-52-19-22-55-25-28-58-31-34-61-64(40-16-10-4-7-13-37(46)47)43-65(41-17-11-5-8-14-38(48)49,62-35-32-59-29-26-56-23-20-53-2)45-66(44-64,42-18-12-6-9-15-39(50)51)63-36-33-60-30-27-57-24-21-54-3/h40-42H,4-36H2,1-3H3,(H,46,47)(H,48,49)(H,50,51). The molecule has 0 saturated heterocycles. The molecule has 0 fully saturated rings. The zero-order chi connectivity index (χ0) is 48.3. The summed E-state index contributed by atoms with van der Waals surface area (Å²) in [5, 5.41) is 38.2. The molecule has 0 spiro atoms. The molecule has 0 aliphatic carbocycles. The molecule has 1 aliphatic heterocycles. The molecule has 0 unspecified atom stereocenters. The third kappa shape index (κ3) is 34.7. The van der Waals surface area contributed by atoms with Gasteiger partial charge in [0.1, 0.15) is 0 Å². The molecule has 0 bridgehead atoms. The average molecular weight is 1020 g/mol. The predicted octanol–water partition coefficient (Wildman–Crippen LogP) is 5.63. The van der Waals surface area contributed by atoms with Crippen molar-refractivity contribution < 1.29 is 85.9 Å². The maximum absolute atomic E-state index is 11.3. The summed E-state index contributed by atoms with van der Waals surface area (Å²) in [6, 6.07) is 0. The zero-order valence-corrected chi connectivity index (χ0v) is 42.2. The lowest BCUT2D eigenvalue weighted by Crippen LogP contribution is -2.24. The second-order valence-electron chi connectivity index (χ2n) is 14.4. The van der Waals surface area contributed by atoms with Crippen LogP contribution in [0.2, 0.25) is 0 Å². The predicted molar refractivity (Wildman–Crippen MR) is 249 cm³/mol. The summed E-state index contributed by atoms with van der Waals surface area (Å²) in [7, 11) is -5.67. The second-order valence-corrected chi connectivity index (χ2v) is 21.5. The number of unbranched alkanes of at least 4 members (excludes halogenated alkanes) is 6. The Balaban J connectivity index is 3.73. The van der Waals surface area contributed by atoms with Gasteiger partial charge in [-0.15, -0.1) is 0 Å². The number of nitrogens with zero attached hydrogens (tertiary/aromatic N) is 3. The molecule has 66 heavy (non-hydrogen) atoms. The molecule has 0 atom stereocenters. The third-order valence-electron chi connectivity index (χ3n) is 8.79. The van der Waals surface area contributed by atoms with Gasteiger partial charge in [-0.05, 0) is 38.5 Å². The minimum Gasteiger partial charge on any atom is -0.481 e. The number of aliphatic carboxylic acids is 3. The number of carboxylic acids is 3. The van der Waals surface area contributed by atoms with Crippen LogP contribution >= 0.6 is 22.7 Å². The number of methoxy groups -OCH3 is 3. The number of ether oxygens (including phenoxy) is 9. The van der Waals surface area contributed by atoms with Crippen LogP contribution in [0.1, 0.15) is 77.0 Å². The smallest absolute Gasteiger partial charge is 0.303 e. The van der Waals surface area contributed by atoms with Crippen molar-refractivity contribution in [2.24, 2.45) is 13.5 Å². The Morgan fingerprint density at radius 1 is 0.348 bits per heavy atom. The summed E-state index contributed by atoms with van der Waals surface area (Å²) in [5.41, 5.74) is 0. The van der Waals surface area contributed by atoms with Crippen molar-refractivity contribution in [3.05, 3.63) is 0 Å².